The molecule has 4 nitrogen and oxygen atoms in total. The minimum Gasteiger partial charge on any atom is -0.388 e. The SMILES string of the molecule is CC[C@@](C)(O)CNc1c(C#N)cccc1C#N. The maximum atomic E-state index is 9.88. The summed E-state index contributed by atoms with van der Waals surface area (Å²) in [5, 5.41) is 30.8. The Morgan fingerprint density at radius 2 is 1.82 bits per heavy atom. The van der Waals surface area contributed by atoms with Gasteiger partial charge in [0, 0.05) is 6.54 Å². The van der Waals surface area contributed by atoms with Crippen LogP contribution in [0.4, 0.5) is 5.69 Å². The second kappa shape index (κ2) is 5.34. The molecule has 0 amide bonds. The Kier molecular flexibility index (Phi) is 4.09. The van der Waals surface area contributed by atoms with Gasteiger partial charge in [-0.25, -0.2) is 0 Å². The van der Waals surface area contributed by atoms with Gasteiger partial charge in [-0.15, -0.1) is 0 Å². The van der Waals surface area contributed by atoms with Crippen molar-refractivity contribution < 1.29 is 5.11 Å². The minimum absolute atomic E-state index is 0.302. The Morgan fingerprint density at radius 1 is 1.29 bits per heavy atom. The number of anilines is 1. The highest BCUT2D eigenvalue weighted by Gasteiger charge is 2.18. The molecular formula is C13H15N3O. The summed E-state index contributed by atoms with van der Waals surface area (Å²) in [7, 11) is 0. The predicted molar refractivity (Wildman–Crippen MR) is 65.3 cm³/mol. The van der Waals surface area contributed by atoms with Gasteiger partial charge in [-0.05, 0) is 25.5 Å². The number of para-hydroxylation sites is 1. The molecule has 88 valence electrons. The van der Waals surface area contributed by atoms with Gasteiger partial charge in [0.25, 0.3) is 0 Å². The van der Waals surface area contributed by atoms with Gasteiger partial charge < -0.3 is 10.4 Å². The van der Waals surface area contributed by atoms with Crippen molar-refractivity contribution >= 4 is 5.69 Å². The molecule has 2 N–H and O–H groups in total. The maximum Gasteiger partial charge on any atom is 0.101 e. The van der Waals surface area contributed by atoms with Crippen LogP contribution >= 0.6 is 0 Å². The van der Waals surface area contributed by atoms with Gasteiger partial charge in [0.1, 0.15) is 12.1 Å². The van der Waals surface area contributed by atoms with E-state index in [0.717, 1.165) is 0 Å². The van der Waals surface area contributed by atoms with Gasteiger partial charge in [-0.1, -0.05) is 13.0 Å². The van der Waals surface area contributed by atoms with Gasteiger partial charge >= 0.3 is 0 Å². The average molecular weight is 229 g/mol. The molecule has 0 saturated carbocycles. The van der Waals surface area contributed by atoms with Crippen LogP contribution < -0.4 is 5.32 Å². The maximum absolute atomic E-state index is 9.88. The molecule has 0 aliphatic heterocycles. The summed E-state index contributed by atoms with van der Waals surface area (Å²) >= 11 is 0. The van der Waals surface area contributed by atoms with Crippen molar-refractivity contribution in [2.24, 2.45) is 0 Å². The molecule has 0 saturated heterocycles. The topological polar surface area (TPSA) is 79.8 Å². The molecule has 1 rings (SSSR count). The number of aliphatic hydroxyl groups is 1. The third-order valence-electron chi connectivity index (χ3n) is 2.71. The van der Waals surface area contributed by atoms with Gasteiger partial charge in [0.2, 0.25) is 0 Å². The lowest BCUT2D eigenvalue weighted by Gasteiger charge is -2.23. The summed E-state index contributed by atoms with van der Waals surface area (Å²) in [6, 6.07) is 9.01. The molecule has 0 spiro atoms. The lowest BCUT2D eigenvalue weighted by atomic mass is 10.0. The number of benzene rings is 1. The van der Waals surface area contributed by atoms with Crippen molar-refractivity contribution in [3.63, 3.8) is 0 Å². The summed E-state index contributed by atoms with van der Waals surface area (Å²) in [6.45, 7) is 3.89. The fourth-order valence-electron chi connectivity index (χ4n) is 1.33. The molecule has 1 aromatic rings. The normalized spacial score (nSPS) is 13.2. The van der Waals surface area contributed by atoms with Crippen LogP contribution in [0, 0.1) is 22.7 Å². The highest BCUT2D eigenvalue weighted by atomic mass is 16.3. The van der Waals surface area contributed by atoms with Gasteiger partial charge in [-0.3, -0.25) is 0 Å². The minimum atomic E-state index is -0.852. The fourth-order valence-corrected chi connectivity index (χ4v) is 1.33. The Balaban J connectivity index is 2.99. The third kappa shape index (κ3) is 3.21. The van der Waals surface area contributed by atoms with Crippen molar-refractivity contribution in [3.05, 3.63) is 29.3 Å². The van der Waals surface area contributed by atoms with Crippen LogP contribution in [-0.4, -0.2) is 17.3 Å². The van der Waals surface area contributed by atoms with Crippen molar-refractivity contribution in [1.82, 2.24) is 0 Å². The van der Waals surface area contributed by atoms with Crippen molar-refractivity contribution in [2.75, 3.05) is 11.9 Å². The molecule has 1 aromatic carbocycles. The zero-order valence-electron chi connectivity index (χ0n) is 9.99. The van der Waals surface area contributed by atoms with Crippen LogP contribution in [0.15, 0.2) is 18.2 Å². The third-order valence-corrected chi connectivity index (χ3v) is 2.71. The van der Waals surface area contributed by atoms with E-state index >= 15 is 0 Å². The molecule has 0 aliphatic rings. The van der Waals surface area contributed by atoms with Crippen LogP contribution in [0.25, 0.3) is 0 Å². The van der Waals surface area contributed by atoms with Crippen LogP contribution in [0.1, 0.15) is 31.4 Å². The number of nitriles is 2. The largest absolute Gasteiger partial charge is 0.388 e. The molecule has 0 radical (unpaired) electrons. The first-order valence-electron chi connectivity index (χ1n) is 5.43. The van der Waals surface area contributed by atoms with Crippen molar-refractivity contribution in [1.29, 1.82) is 10.5 Å². The zero-order valence-corrected chi connectivity index (χ0v) is 9.99. The molecule has 0 aliphatic carbocycles. The second-order valence-electron chi connectivity index (χ2n) is 4.16. The van der Waals surface area contributed by atoms with Gasteiger partial charge in [0.15, 0.2) is 0 Å². The number of hydrogen-bond acceptors (Lipinski definition) is 4. The van der Waals surface area contributed by atoms with Crippen LogP contribution in [0.5, 0.6) is 0 Å². The number of rotatable bonds is 4. The van der Waals surface area contributed by atoms with E-state index in [2.05, 4.69) is 5.32 Å². The van der Waals surface area contributed by atoms with E-state index in [4.69, 9.17) is 10.5 Å². The van der Waals surface area contributed by atoms with E-state index in [1.165, 1.54) is 0 Å². The number of hydrogen-bond donors (Lipinski definition) is 2. The van der Waals surface area contributed by atoms with E-state index in [9.17, 15) is 5.11 Å². The van der Waals surface area contributed by atoms with Gasteiger partial charge in [0.05, 0.1) is 22.4 Å². The van der Waals surface area contributed by atoms with E-state index < -0.39 is 5.60 Å². The molecule has 0 fully saturated rings. The highest BCUT2D eigenvalue weighted by Crippen LogP contribution is 2.21. The summed E-state index contributed by atoms with van der Waals surface area (Å²) in [6.07, 6.45) is 0.594. The zero-order chi connectivity index (χ0) is 12.9. The van der Waals surface area contributed by atoms with E-state index in [0.29, 0.717) is 29.8 Å². The standard InChI is InChI=1S/C13H15N3O/c1-3-13(2,17)9-16-12-10(7-14)5-4-6-11(12)8-15/h4-6,16-17H,3,9H2,1-2H3/t13-/m1/s1. The predicted octanol–water partition coefficient (Wildman–Crippen LogP) is 2.00. The monoisotopic (exact) mass is 229 g/mol. The molecule has 0 unspecified atom stereocenters. The van der Waals surface area contributed by atoms with Crippen LogP contribution in [0.3, 0.4) is 0 Å². The smallest absolute Gasteiger partial charge is 0.101 e. The molecule has 1 atom stereocenters. The first-order chi connectivity index (χ1) is 8.04. The summed E-state index contributed by atoms with van der Waals surface area (Å²) < 4.78 is 0. The van der Waals surface area contributed by atoms with E-state index in [1.54, 1.807) is 25.1 Å². The molecule has 0 bridgehead atoms. The summed E-state index contributed by atoms with van der Waals surface area (Å²) in [5.74, 6) is 0. The molecular weight excluding hydrogens is 214 g/mol. The Morgan fingerprint density at radius 3 is 2.24 bits per heavy atom. The lowest BCUT2D eigenvalue weighted by Crippen LogP contribution is -2.32. The van der Waals surface area contributed by atoms with Gasteiger partial charge in [-0.2, -0.15) is 10.5 Å². The first kappa shape index (κ1) is 13.0. The lowest BCUT2D eigenvalue weighted by molar-refractivity contribution is 0.0697. The Labute approximate surface area is 101 Å². The molecule has 17 heavy (non-hydrogen) atoms. The first-order valence-corrected chi connectivity index (χ1v) is 5.43. The quantitative estimate of drug-likeness (QED) is 0.827. The molecule has 4 heteroatoms. The Hall–Kier alpha value is -2.04. The second-order valence-corrected chi connectivity index (χ2v) is 4.16. The summed E-state index contributed by atoms with van der Waals surface area (Å²) in [4.78, 5) is 0. The van der Waals surface area contributed by atoms with Crippen LogP contribution in [0.2, 0.25) is 0 Å². The number of nitrogens with zero attached hydrogens (tertiary/aromatic N) is 2. The van der Waals surface area contributed by atoms with E-state index in [1.807, 2.05) is 19.1 Å². The van der Waals surface area contributed by atoms with Crippen molar-refractivity contribution in [3.8, 4) is 12.1 Å². The molecule has 0 heterocycles. The van der Waals surface area contributed by atoms with Crippen molar-refractivity contribution in [2.45, 2.75) is 25.9 Å². The summed E-state index contributed by atoms with van der Waals surface area (Å²) in [5.41, 5.74) is 0.466. The fraction of sp³-hybridized carbons (Fsp3) is 0.385. The average Bonchev–Trinajstić information content (AvgIpc) is 2.35. The van der Waals surface area contributed by atoms with E-state index in [-0.39, 0.29) is 0 Å². The molecule has 0 aromatic heterocycles. The van der Waals surface area contributed by atoms with Crippen LogP contribution in [-0.2, 0) is 0 Å². The Bertz CT molecular complexity index is 448. The number of nitrogens with one attached hydrogen (secondary N) is 1. The highest BCUT2D eigenvalue weighted by molar-refractivity contribution is 5.66.